The molecular weight excluding hydrogens is 825 g/mol. The largest absolute Gasteiger partial charge is 0.497 e. The third-order valence-corrected chi connectivity index (χ3v) is 16.6. The minimum absolute atomic E-state index is 0.00736. The molecule has 9 atom stereocenters. The zero-order valence-electron chi connectivity index (χ0n) is 35.1. The molecule has 6 aliphatic rings. The normalized spacial score (nSPS) is 33.3. The van der Waals surface area contributed by atoms with Crippen molar-refractivity contribution in [3.63, 3.8) is 0 Å². The quantitative estimate of drug-likeness (QED) is 0.227. The number of halogens is 4. The fourth-order valence-electron chi connectivity index (χ4n) is 10.0. The van der Waals surface area contributed by atoms with Crippen molar-refractivity contribution in [1.29, 1.82) is 0 Å². The molecule has 1 saturated heterocycles. The standard InChI is InChI=1S/C43H54F4N4O9S/c1-40(2,3)27-18-34(53)60-33-15-22-14-26(22)25(33)8-6-7-11-43(46,47)35-37(49-30-16-23(58-5)9-10-29(30)48-35)59-24-17-31(51(21-24)38(27)54)32(52)20-42(19-28(42)36(44)45)39(55)50-61(56,57)41(4)12-13-41/h9-10,16,22,24-28,31,33,36H,6-8,11-15,17-21H2,1-5H3,(H,50,55)/t22-,24+,25+,26-,27+,28-,31-,33+,42+/m0/s1. The number of hydrogen-bond acceptors (Lipinski definition) is 11. The Labute approximate surface area is 352 Å². The molecule has 8 rings (SSSR count). The Bertz CT molecular complexity index is 2230. The monoisotopic (exact) mass is 878 g/mol. The second-order valence-corrected chi connectivity index (χ2v) is 21.9. The van der Waals surface area contributed by atoms with E-state index in [-0.39, 0.29) is 55.6 Å². The number of benzene rings is 1. The van der Waals surface area contributed by atoms with Gasteiger partial charge in [-0.1, -0.05) is 27.2 Å². The molecule has 1 aromatic carbocycles. The number of ether oxygens (including phenoxy) is 3. The third kappa shape index (κ3) is 8.30. The molecule has 2 bridgehead atoms. The second kappa shape index (κ2) is 15.3. The fourth-order valence-corrected chi connectivity index (χ4v) is 11.4. The summed E-state index contributed by atoms with van der Waals surface area (Å²) in [5.74, 6) is -8.91. The predicted molar refractivity (Wildman–Crippen MR) is 211 cm³/mol. The molecule has 4 aliphatic carbocycles. The molecule has 0 spiro atoms. The Hall–Kier alpha value is -4.09. The van der Waals surface area contributed by atoms with E-state index in [1.807, 2.05) is 4.72 Å². The Kier molecular flexibility index (Phi) is 10.9. The summed E-state index contributed by atoms with van der Waals surface area (Å²) in [6.07, 6.45) is -3.80. The number of Topliss-reactive ketones (excluding diaryl/α,β-unsaturated/α-hetero) is 1. The molecule has 0 unspecified atom stereocenters. The number of esters is 1. The number of methoxy groups -OCH3 is 1. The molecule has 61 heavy (non-hydrogen) atoms. The van der Waals surface area contributed by atoms with Gasteiger partial charge in [-0.15, -0.1) is 0 Å². The molecular formula is C43H54F4N4O9S. The second-order valence-electron chi connectivity index (χ2n) is 19.7. The number of fused-ring (bicyclic) bond motifs is 7. The van der Waals surface area contributed by atoms with E-state index in [1.165, 1.54) is 31.1 Å². The summed E-state index contributed by atoms with van der Waals surface area (Å²) in [5.41, 5.74) is -3.33. The number of carbonyl (C=O) groups excluding carboxylic acids is 4. The van der Waals surface area contributed by atoms with E-state index in [4.69, 9.17) is 14.2 Å². The first-order chi connectivity index (χ1) is 28.6. The van der Waals surface area contributed by atoms with E-state index in [0.29, 0.717) is 36.8 Å². The summed E-state index contributed by atoms with van der Waals surface area (Å²) in [6.45, 7) is 6.36. The fraction of sp³-hybridized carbons (Fsp3) is 0.721. The maximum atomic E-state index is 16.4. The SMILES string of the molecule is COc1ccc2nc3c(nc2c1)O[C@@H]1C[C@@H](C(=O)C[C@]2(C(=O)NS(=O)(=O)C4(C)CC4)C[C@H]2C(F)F)N(C1)C(=O)[C@H](C(C)(C)C)CC(=O)O[C@@H]1C[C@@H]2C[C@@H]2[C@H]1CCCCC3(F)F. The maximum Gasteiger partial charge on any atom is 0.306 e. The van der Waals surface area contributed by atoms with Gasteiger partial charge < -0.3 is 19.1 Å². The molecule has 5 fully saturated rings. The number of ketones is 1. The Morgan fingerprint density at radius 3 is 2.41 bits per heavy atom. The molecule has 2 aromatic rings. The number of nitrogens with one attached hydrogen (secondary N) is 1. The van der Waals surface area contributed by atoms with E-state index < -0.39 is 122 Å². The van der Waals surface area contributed by atoms with E-state index >= 15 is 8.78 Å². The van der Waals surface area contributed by atoms with Crippen LogP contribution < -0.4 is 14.2 Å². The lowest BCUT2D eigenvalue weighted by Crippen LogP contribution is -2.49. The number of hydrogen-bond donors (Lipinski definition) is 1. The highest BCUT2D eigenvalue weighted by atomic mass is 32.2. The Balaban J connectivity index is 1.16. The lowest BCUT2D eigenvalue weighted by molar-refractivity contribution is -0.158. The number of carbonyl (C=O) groups is 4. The van der Waals surface area contributed by atoms with Crippen LogP contribution in [0.15, 0.2) is 18.2 Å². The Morgan fingerprint density at radius 1 is 1.02 bits per heavy atom. The van der Waals surface area contributed by atoms with Crippen LogP contribution in [0, 0.1) is 40.4 Å². The lowest BCUT2D eigenvalue weighted by Gasteiger charge is -2.35. The van der Waals surface area contributed by atoms with E-state index in [1.54, 1.807) is 26.8 Å². The zero-order chi connectivity index (χ0) is 44.0. The number of sulfonamides is 1. The topological polar surface area (TPSA) is 171 Å². The molecule has 1 N–H and O–H groups in total. The number of rotatable bonds is 8. The van der Waals surface area contributed by atoms with Crippen LogP contribution in [-0.2, 0) is 39.9 Å². The van der Waals surface area contributed by atoms with Gasteiger partial charge >= 0.3 is 5.97 Å². The van der Waals surface area contributed by atoms with Gasteiger partial charge in [0.1, 0.15) is 18.0 Å². The molecule has 2 amide bonds. The number of nitrogens with zero attached hydrogens (tertiary/aromatic N) is 3. The van der Waals surface area contributed by atoms with Gasteiger partial charge in [-0.2, -0.15) is 8.78 Å². The molecule has 0 radical (unpaired) electrons. The van der Waals surface area contributed by atoms with Gasteiger partial charge in [0, 0.05) is 31.2 Å². The first-order valence-electron chi connectivity index (χ1n) is 21.3. The summed E-state index contributed by atoms with van der Waals surface area (Å²) in [5, 5.41) is 0. The van der Waals surface area contributed by atoms with Crippen LogP contribution in [0.4, 0.5) is 17.6 Å². The van der Waals surface area contributed by atoms with Gasteiger partial charge in [0.15, 0.2) is 11.5 Å². The highest BCUT2D eigenvalue weighted by molar-refractivity contribution is 7.91. The molecule has 4 saturated carbocycles. The maximum absolute atomic E-state index is 16.4. The molecule has 1 aromatic heterocycles. The first-order valence-corrected chi connectivity index (χ1v) is 22.8. The zero-order valence-corrected chi connectivity index (χ0v) is 35.9. The smallest absolute Gasteiger partial charge is 0.306 e. The van der Waals surface area contributed by atoms with E-state index in [9.17, 15) is 36.4 Å². The summed E-state index contributed by atoms with van der Waals surface area (Å²) in [6, 6.07) is 3.15. The summed E-state index contributed by atoms with van der Waals surface area (Å²) < 4.78 is 106. The van der Waals surface area contributed by atoms with Crippen LogP contribution in [0.2, 0.25) is 0 Å². The van der Waals surface area contributed by atoms with Gasteiger partial charge in [0.05, 0.1) is 53.2 Å². The molecule has 334 valence electrons. The average molecular weight is 879 g/mol. The number of amides is 2. The molecule has 13 nitrogen and oxygen atoms in total. The van der Waals surface area contributed by atoms with Crippen molar-refractivity contribution in [2.45, 2.75) is 140 Å². The number of aromatic nitrogens is 2. The highest BCUT2D eigenvalue weighted by Gasteiger charge is 2.67. The van der Waals surface area contributed by atoms with Crippen molar-refractivity contribution in [2.75, 3.05) is 13.7 Å². The van der Waals surface area contributed by atoms with Crippen molar-refractivity contribution in [3.8, 4) is 11.6 Å². The lowest BCUT2D eigenvalue weighted by atomic mass is 9.77. The van der Waals surface area contributed by atoms with Crippen molar-refractivity contribution < 1.29 is 59.4 Å². The van der Waals surface area contributed by atoms with Crippen LogP contribution in [0.1, 0.15) is 110 Å². The summed E-state index contributed by atoms with van der Waals surface area (Å²) >= 11 is 0. The van der Waals surface area contributed by atoms with Gasteiger partial charge in [0.25, 0.3) is 5.92 Å². The van der Waals surface area contributed by atoms with Crippen LogP contribution >= 0.6 is 0 Å². The van der Waals surface area contributed by atoms with Gasteiger partial charge in [-0.25, -0.2) is 27.2 Å². The van der Waals surface area contributed by atoms with Crippen molar-refractivity contribution in [2.24, 2.45) is 40.4 Å². The minimum Gasteiger partial charge on any atom is -0.497 e. The van der Waals surface area contributed by atoms with Gasteiger partial charge in [0.2, 0.25) is 34.1 Å². The first kappa shape index (κ1) is 43.6. The average Bonchev–Trinajstić information content (AvgIpc) is 4.14. The van der Waals surface area contributed by atoms with E-state index in [2.05, 4.69) is 9.97 Å². The van der Waals surface area contributed by atoms with Crippen LogP contribution in [0.3, 0.4) is 0 Å². The van der Waals surface area contributed by atoms with Crippen LogP contribution in [-0.4, -0.2) is 89.9 Å². The van der Waals surface area contributed by atoms with Gasteiger partial charge in [-0.05, 0) is 87.2 Å². The predicted octanol–water partition coefficient (Wildman–Crippen LogP) is 6.50. The van der Waals surface area contributed by atoms with Crippen molar-refractivity contribution in [1.82, 2.24) is 19.6 Å². The molecule has 2 aliphatic heterocycles. The van der Waals surface area contributed by atoms with Crippen LogP contribution in [0.25, 0.3) is 11.0 Å². The summed E-state index contributed by atoms with van der Waals surface area (Å²) in [7, 11) is -2.82. The molecule has 18 heteroatoms. The van der Waals surface area contributed by atoms with Gasteiger partial charge in [-0.3, -0.25) is 23.9 Å². The third-order valence-electron chi connectivity index (χ3n) is 14.4. The summed E-state index contributed by atoms with van der Waals surface area (Å²) in [4.78, 5) is 66.8. The highest BCUT2D eigenvalue weighted by Crippen LogP contribution is 2.60. The van der Waals surface area contributed by atoms with Crippen molar-refractivity contribution >= 4 is 44.6 Å². The van der Waals surface area contributed by atoms with E-state index in [0.717, 1.165) is 6.42 Å². The Morgan fingerprint density at radius 2 is 1.75 bits per heavy atom. The molecule has 3 heterocycles. The van der Waals surface area contributed by atoms with Crippen molar-refractivity contribution in [3.05, 3.63) is 23.9 Å². The van der Waals surface area contributed by atoms with Crippen LogP contribution in [0.5, 0.6) is 11.6 Å². The minimum atomic E-state index is -4.26. The number of alkyl halides is 4.